The van der Waals surface area contributed by atoms with E-state index in [1.165, 1.54) is 4.90 Å². The van der Waals surface area contributed by atoms with Gasteiger partial charge in [-0.1, -0.05) is 23.7 Å². The lowest BCUT2D eigenvalue weighted by molar-refractivity contribution is -0.166. The number of hydrogen-bond acceptors (Lipinski definition) is 3. The van der Waals surface area contributed by atoms with E-state index in [2.05, 4.69) is 0 Å². The maximum atomic E-state index is 12.2. The molecule has 5 nitrogen and oxygen atoms in total. The largest absolute Gasteiger partial charge is 0.356 e. The van der Waals surface area contributed by atoms with E-state index in [4.69, 9.17) is 16.3 Å². The van der Waals surface area contributed by atoms with Crippen LogP contribution in [0.1, 0.15) is 11.6 Å². The number of rotatable bonds is 2. The Morgan fingerprint density at radius 2 is 1.95 bits per heavy atom. The lowest BCUT2D eigenvalue weighted by Crippen LogP contribution is -2.52. The van der Waals surface area contributed by atoms with Gasteiger partial charge >= 0.3 is 0 Å². The van der Waals surface area contributed by atoms with Gasteiger partial charge in [-0.05, 0) is 17.7 Å². The lowest BCUT2D eigenvalue weighted by atomic mass is 9.97. The number of benzene rings is 1. The van der Waals surface area contributed by atoms with Crippen LogP contribution in [0.15, 0.2) is 24.3 Å². The van der Waals surface area contributed by atoms with Crippen LogP contribution in [-0.4, -0.2) is 55.5 Å². The Kier molecular flexibility index (Phi) is 4.30. The van der Waals surface area contributed by atoms with Crippen LogP contribution in [0, 0.1) is 0 Å². The molecule has 108 valence electrons. The Morgan fingerprint density at radius 1 is 1.35 bits per heavy atom. The fourth-order valence-corrected chi connectivity index (χ4v) is 2.36. The molecule has 0 radical (unpaired) electrons. The number of carbonyl (C=O) groups excluding carboxylic acids is 2. The molecule has 1 aromatic carbocycles. The van der Waals surface area contributed by atoms with Crippen LogP contribution in [0.5, 0.6) is 0 Å². The number of nitrogens with zero attached hydrogens (tertiary/aromatic N) is 2. The zero-order chi connectivity index (χ0) is 14.9. The summed E-state index contributed by atoms with van der Waals surface area (Å²) in [6, 6.07) is 6.65. The van der Waals surface area contributed by atoms with E-state index in [1.807, 2.05) is 0 Å². The summed E-state index contributed by atoms with van der Waals surface area (Å²) in [5, 5.41) is 0.606. The Balaban J connectivity index is 2.37. The van der Waals surface area contributed by atoms with Gasteiger partial charge in [-0.25, -0.2) is 0 Å². The molecule has 0 N–H and O–H groups in total. The van der Waals surface area contributed by atoms with Crippen molar-refractivity contribution in [3.63, 3.8) is 0 Å². The molecule has 1 aromatic rings. The predicted molar refractivity (Wildman–Crippen MR) is 75.4 cm³/mol. The van der Waals surface area contributed by atoms with Crippen molar-refractivity contribution in [2.24, 2.45) is 0 Å². The van der Waals surface area contributed by atoms with Crippen molar-refractivity contribution < 1.29 is 14.3 Å². The van der Waals surface area contributed by atoms with Crippen LogP contribution in [-0.2, 0) is 14.3 Å². The van der Waals surface area contributed by atoms with E-state index < -0.39 is 12.1 Å². The number of hydrogen-bond donors (Lipinski definition) is 0. The maximum Gasteiger partial charge on any atom is 0.253 e. The van der Waals surface area contributed by atoms with Crippen molar-refractivity contribution in [2.45, 2.75) is 12.1 Å². The van der Waals surface area contributed by atoms with Crippen LogP contribution >= 0.6 is 11.6 Å². The minimum Gasteiger partial charge on any atom is -0.356 e. The van der Waals surface area contributed by atoms with E-state index in [9.17, 15) is 9.59 Å². The Bertz CT molecular complexity index is 516. The van der Waals surface area contributed by atoms with Crippen LogP contribution < -0.4 is 0 Å². The standard InChI is InChI=1S/C14H17ClN2O3/c1-16(2)14(19)13-12(17(3)11(18)8-20-13)9-4-6-10(15)7-5-9/h4-7,12-13H,8H2,1-3H3. The van der Waals surface area contributed by atoms with Gasteiger partial charge in [0.2, 0.25) is 5.91 Å². The van der Waals surface area contributed by atoms with Crippen molar-refractivity contribution in [3.05, 3.63) is 34.9 Å². The van der Waals surface area contributed by atoms with Crippen LogP contribution in [0.3, 0.4) is 0 Å². The smallest absolute Gasteiger partial charge is 0.253 e. The Labute approximate surface area is 123 Å². The maximum absolute atomic E-state index is 12.2. The van der Waals surface area contributed by atoms with Gasteiger partial charge in [-0.2, -0.15) is 0 Å². The molecule has 6 heteroatoms. The third kappa shape index (κ3) is 2.78. The molecule has 2 atom stereocenters. The van der Waals surface area contributed by atoms with Crippen molar-refractivity contribution in [2.75, 3.05) is 27.7 Å². The second-order valence-corrected chi connectivity index (χ2v) is 5.40. The molecular weight excluding hydrogens is 280 g/mol. The van der Waals surface area contributed by atoms with Crippen molar-refractivity contribution in [1.82, 2.24) is 9.80 Å². The molecule has 2 rings (SSSR count). The van der Waals surface area contributed by atoms with Gasteiger partial charge in [0, 0.05) is 26.2 Å². The molecule has 2 unspecified atom stereocenters. The summed E-state index contributed by atoms with van der Waals surface area (Å²) < 4.78 is 5.47. The number of halogens is 1. The molecule has 0 spiro atoms. The zero-order valence-corrected chi connectivity index (χ0v) is 12.4. The highest BCUT2D eigenvalue weighted by atomic mass is 35.5. The molecule has 20 heavy (non-hydrogen) atoms. The SMILES string of the molecule is CN(C)C(=O)C1OCC(=O)N(C)C1c1ccc(Cl)cc1. The second kappa shape index (κ2) is 5.81. The number of carbonyl (C=O) groups is 2. The minimum atomic E-state index is -0.700. The summed E-state index contributed by atoms with van der Waals surface area (Å²) in [7, 11) is 5.02. The quantitative estimate of drug-likeness (QED) is 0.827. The second-order valence-electron chi connectivity index (χ2n) is 4.97. The number of ether oxygens (including phenoxy) is 1. The first-order chi connectivity index (χ1) is 9.41. The number of likely N-dealkylation sites (N-methyl/N-ethyl adjacent to an activating group) is 2. The average Bonchev–Trinajstić information content (AvgIpc) is 2.42. The molecule has 1 fully saturated rings. The fraction of sp³-hybridized carbons (Fsp3) is 0.429. The van der Waals surface area contributed by atoms with Gasteiger partial charge in [0.15, 0.2) is 6.10 Å². The van der Waals surface area contributed by atoms with Crippen molar-refractivity contribution in [3.8, 4) is 0 Å². The predicted octanol–water partition coefficient (Wildman–Crippen LogP) is 1.33. The molecule has 1 aliphatic rings. The number of amides is 2. The third-order valence-corrected chi connectivity index (χ3v) is 3.63. The zero-order valence-electron chi connectivity index (χ0n) is 11.7. The van der Waals surface area contributed by atoms with Crippen LogP contribution in [0.4, 0.5) is 0 Å². The van der Waals surface area contributed by atoms with E-state index in [0.29, 0.717) is 5.02 Å². The molecule has 0 aliphatic carbocycles. The summed E-state index contributed by atoms with van der Waals surface area (Å²) in [5.74, 6) is -0.308. The van der Waals surface area contributed by atoms with E-state index >= 15 is 0 Å². The molecule has 0 aromatic heterocycles. The third-order valence-electron chi connectivity index (χ3n) is 3.38. The summed E-state index contributed by atoms with van der Waals surface area (Å²) in [6.07, 6.45) is -0.700. The highest BCUT2D eigenvalue weighted by Gasteiger charge is 2.40. The Morgan fingerprint density at radius 3 is 2.50 bits per heavy atom. The molecule has 1 saturated heterocycles. The first-order valence-corrected chi connectivity index (χ1v) is 6.63. The summed E-state index contributed by atoms with van der Waals surface area (Å²) in [6.45, 7) is -0.0785. The molecule has 0 bridgehead atoms. The van der Waals surface area contributed by atoms with Gasteiger partial charge in [-0.15, -0.1) is 0 Å². The molecule has 0 saturated carbocycles. The molecule has 1 aliphatic heterocycles. The van der Waals surface area contributed by atoms with Gasteiger partial charge in [0.05, 0.1) is 6.04 Å². The van der Waals surface area contributed by atoms with Crippen LogP contribution in [0.2, 0.25) is 5.02 Å². The van der Waals surface area contributed by atoms with Crippen molar-refractivity contribution in [1.29, 1.82) is 0 Å². The average molecular weight is 297 g/mol. The summed E-state index contributed by atoms with van der Waals surface area (Å²) >= 11 is 5.88. The van der Waals surface area contributed by atoms with E-state index in [1.54, 1.807) is 50.3 Å². The molecule has 1 heterocycles. The normalized spacial score (nSPS) is 22.8. The summed E-state index contributed by atoms with van der Waals surface area (Å²) in [5.41, 5.74) is 0.824. The first-order valence-electron chi connectivity index (χ1n) is 6.25. The minimum absolute atomic E-state index is 0.0785. The highest BCUT2D eigenvalue weighted by molar-refractivity contribution is 6.30. The Hall–Kier alpha value is -1.59. The van der Waals surface area contributed by atoms with E-state index in [-0.39, 0.29) is 18.4 Å². The van der Waals surface area contributed by atoms with Crippen LogP contribution in [0.25, 0.3) is 0 Å². The van der Waals surface area contributed by atoms with Gasteiger partial charge < -0.3 is 14.5 Å². The van der Waals surface area contributed by atoms with Gasteiger partial charge in [-0.3, -0.25) is 9.59 Å². The topological polar surface area (TPSA) is 49.9 Å². The summed E-state index contributed by atoms with van der Waals surface area (Å²) in [4.78, 5) is 27.1. The van der Waals surface area contributed by atoms with E-state index in [0.717, 1.165) is 5.56 Å². The molecule has 2 amide bonds. The first kappa shape index (κ1) is 14.8. The van der Waals surface area contributed by atoms with Crippen molar-refractivity contribution >= 4 is 23.4 Å². The fourth-order valence-electron chi connectivity index (χ4n) is 2.23. The van der Waals surface area contributed by atoms with Gasteiger partial charge in [0.1, 0.15) is 6.61 Å². The monoisotopic (exact) mass is 296 g/mol. The van der Waals surface area contributed by atoms with Gasteiger partial charge in [0.25, 0.3) is 5.91 Å². The highest BCUT2D eigenvalue weighted by Crippen LogP contribution is 2.30. The number of morpholine rings is 1. The molecular formula is C14H17ClN2O3. The lowest BCUT2D eigenvalue weighted by Gasteiger charge is -2.39.